The van der Waals surface area contributed by atoms with Crippen molar-refractivity contribution in [3.8, 4) is 11.4 Å². The van der Waals surface area contributed by atoms with Crippen molar-refractivity contribution in [3.05, 3.63) is 41.2 Å². The van der Waals surface area contributed by atoms with Crippen molar-refractivity contribution < 1.29 is 18.7 Å². The molecule has 0 spiro atoms. The summed E-state index contributed by atoms with van der Waals surface area (Å²) in [6.07, 6.45) is 8.36. The van der Waals surface area contributed by atoms with E-state index in [1.165, 1.54) is 37.9 Å². The molecule has 3 aromatic rings. The first kappa shape index (κ1) is 20.5. The Morgan fingerprint density at radius 2 is 1.93 bits per heavy atom. The van der Waals surface area contributed by atoms with Gasteiger partial charge in [0.15, 0.2) is 17.5 Å². The van der Waals surface area contributed by atoms with Crippen molar-refractivity contribution in [2.24, 2.45) is 17.8 Å². The number of nitrogens with zero attached hydrogens (tertiary/aromatic N) is 2. The number of aliphatic carboxylic acids is 1. The van der Waals surface area contributed by atoms with Gasteiger partial charge in [0, 0.05) is 22.2 Å². The van der Waals surface area contributed by atoms with Gasteiger partial charge in [0.25, 0.3) is 0 Å². The highest BCUT2D eigenvalue weighted by Crippen LogP contribution is 2.44. The number of H-pyrrole nitrogens is 1. The van der Waals surface area contributed by atoms with Gasteiger partial charge in [0.1, 0.15) is 5.82 Å². The highest BCUT2D eigenvalue weighted by atomic mass is 35.5. The van der Waals surface area contributed by atoms with Crippen LogP contribution in [0, 0.1) is 29.4 Å². The van der Waals surface area contributed by atoms with Gasteiger partial charge in [-0.15, -0.1) is 0 Å². The second-order valence-electron chi connectivity index (χ2n) is 7.90. The normalized spacial score (nSPS) is 22.6. The summed E-state index contributed by atoms with van der Waals surface area (Å²) in [4.78, 5) is 21.2. The zero-order valence-corrected chi connectivity index (χ0v) is 16.8. The summed E-state index contributed by atoms with van der Waals surface area (Å²) in [6.45, 7) is 0. The SMILES string of the molecule is Nc1nc(-c2c[nH]c3c(F)cc(Cl)cc23)ncc1F.O=C(O)C1CC2CCC1CC2. The second kappa shape index (κ2) is 8.18. The molecule has 3 fully saturated rings. The molecular weight excluding hydrogens is 414 g/mol. The third-order valence-electron chi connectivity index (χ3n) is 6.08. The summed E-state index contributed by atoms with van der Waals surface area (Å²) in [6, 6.07) is 2.78. The molecule has 2 bridgehead atoms. The number of hydrogen-bond acceptors (Lipinski definition) is 4. The van der Waals surface area contributed by atoms with Crippen LogP contribution in [0.4, 0.5) is 14.6 Å². The maximum absolute atomic E-state index is 13.7. The van der Waals surface area contributed by atoms with Crippen molar-refractivity contribution in [3.63, 3.8) is 0 Å². The number of benzene rings is 1. The van der Waals surface area contributed by atoms with E-state index in [1.807, 2.05) is 0 Å². The van der Waals surface area contributed by atoms with Gasteiger partial charge in [0.05, 0.1) is 17.6 Å². The average molecular weight is 435 g/mol. The van der Waals surface area contributed by atoms with Crippen LogP contribution in [0.15, 0.2) is 24.5 Å². The van der Waals surface area contributed by atoms with Crippen LogP contribution in [0.3, 0.4) is 0 Å². The van der Waals surface area contributed by atoms with Crippen molar-refractivity contribution in [2.45, 2.75) is 32.1 Å². The van der Waals surface area contributed by atoms with Crippen LogP contribution in [0.2, 0.25) is 5.02 Å². The quantitative estimate of drug-likeness (QED) is 0.524. The highest BCUT2D eigenvalue weighted by Gasteiger charge is 2.39. The Morgan fingerprint density at radius 1 is 1.20 bits per heavy atom. The average Bonchev–Trinajstić information content (AvgIpc) is 3.15. The lowest BCUT2D eigenvalue weighted by atomic mass is 9.65. The third kappa shape index (κ3) is 3.96. The molecule has 1 atom stereocenters. The zero-order valence-electron chi connectivity index (χ0n) is 16.0. The Kier molecular flexibility index (Phi) is 5.60. The number of carboxylic acid groups (broad SMARTS) is 1. The minimum atomic E-state index is -0.701. The number of nitrogens with one attached hydrogen (secondary N) is 1. The van der Waals surface area contributed by atoms with E-state index in [0.29, 0.717) is 16.9 Å². The molecule has 0 aliphatic heterocycles. The molecule has 6 rings (SSSR count). The molecule has 30 heavy (non-hydrogen) atoms. The molecule has 3 aliphatic rings. The van der Waals surface area contributed by atoms with E-state index in [2.05, 4.69) is 15.0 Å². The summed E-state index contributed by atoms with van der Waals surface area (Å²) in [7, 11) is 0. The van der Waals surface area contributed by atoms with Gasteiger partial charge in [0.2, 0.25) is 0 Å². The summed E-state index contributed by atoms with van der Waals surface area (Å²) >= 11 is 5.82. The molecule has 1 aromatic carbocycles. The van der Waals surface area contributed by atoms with Crippen LogP contribution >= 0.6 is 11.6 Å². The first-order valence-corrected chi connectivity index (χ1v) is 10.2. The van der Waals surface area contributed by atoms with Crippen molar-refractivity contribution >= 4 is 34.3 Å². The van der Waals surface area contributed by atoms with Gasteiger partial charge in [-0.2, -0.15) is 0 Å². The number of nitrogens with two attached hydrogens (primary N) is 1. The molecule has 6 nitrogen and oxygen atoms in total. The Hall–Kier alpha value is -2.74. The lowest BCUT2D eigenvalue weighted by molar-refractivity contribution is -0.147. The van der Waals surface area contributed by atoms with E-state index in [-0.39, 0.29) is 28.1 Å². The van der Waals surface area contributed by atoms with Gasteiger partial charge in [-0.1, -0.05) is 24.4 Å². The number of halogens is 3. The molecule has 0 radical (unpaired) electrons. The van der Waals surface area contributed by atoms with E-state index < -0.39 is 17.6 Å². The molecule has 3 aliphatic carbocycles. The number of aromatic amines is 1. The van der Waals surface area contributed by atoms with Gasteiger partial charge < -0.3 is 15.8 Å². The summed E-state index contributed by atoms with van der Waals surface area (Å²) in [5, 5.41) is 9.62. The Bertz CT molecular complexity index is 1100. The lowest BCUT2D eigenvalue weighted by Crippen LogP contribution is -2.35. The lowest BCUT2D eigenvalue weighted by Gasteiger charge is -2.40. The van der Waals surface area contributed by atoms with Gasteiger partial charge >= 0.3 is 5.97 Å². The van der Waals surface area contributed by atoms with Crippen molar-refractivity contribution in [1.29, 1.82) is 0 Å². The predicted octanol–water partition coefficient (Wildman–Crippen LogP) is 5.04. The number of anilines is 1. The largest absolute Gasteiger partial charge is 0.481 e. The number of fused-ring (bicyclic) bond motifs is 4. The monoisotopic (exact) mass is 434 g/mol. The molecule has 0 amide bonds. The van der Waals surface area contributed by atoms with E-state index in [4.69, 9.17) is 22.4 Å². The zero-order chi connectivity index (χ0) is 21.4. The van der Waals surface area contributed by atoms with E-state index in [0.717, 1.165) is 18.5 Å². The third-order valence-corrected chi connectivity index (χ3v) is 6.30. The molecule has 3 saturated carbocycles. The highest BCUT2D eigenvalue weighted by molar-refractivity contribution is 6.31. The number of aromatic nitrogens is 3. The first-order chi connectivity index (χ1) is 14.3. The van der Waals surface area contributed by atoms with Crippen LogP contribution in [0.5, 0.6) is 0 Å². The summed E-state index contributed by atoms with van der Waals surface area (Å²) < 4.78 is 26.7. The molecular formula is C21H21ClF2N4O2. The summed E-state index contributed by atoms with van der Waals surface area (Å²) in [5.74, 6) is -0.550. The van der Waals surface area contributed by atoms with Crippen LogP contribution in [-0.2, 0) is 4.79 Å². The minimum absolute atomic E-state index is 0.00231. The smallest absolute Gasteiger partial charge is 0.306 e. The predicted molar refractivity (Wildman–Crippen MR) is 110 cm³/mol. The van der Waals surface area contributed by atoms with E-state index in [9.17, 15) is 13.6 Å². The molecule has 1 unspecified atom stereocenters. The fraction of sp³-hybridized carbons (Fsp3) is 0.381. The van der Waals surface area contributed by atoms with Crippen LogP contribution in [0.25, 0.3) is 22.3 Å². The van der Waals surface area contributed by atoms with Gasteiger partial charge in [-0.25, -0.2) is 18.7 Å². The van der Waals surface area contributed by atoms with Crippen LogP contribution < -0.4 is 5.73 Å². The van der Waals surface area contributed by atoms with Gasteiger partial charge in [-0.05, 0) is 43.2 Å². The number of carbonyl (C=O) groups is 1. The summed E-state index contributed by atoms with van der Waals surface area (Å²) in [5.41, 5.74) is 6.18. The Balaban J connectivity index is 0.000000168. The van der Waals surface area contributed by atoms with E-state index in [1.54, 1.807) is 6.07 Å². The second-order valence-corrected chi connectivity index (χ2v) is 8.34. The molecule has 0 saturated heterocycles. The fourth-order valence-electron chi connectivity index (χ4n) is 4.53. The topological polar surface area (TPSA) is 105 Å². The first-order valence-electron chi connectivity index (χ1n) is 9.80. The number of rotatable bonds is 2. The maximum atomic E-state index is 13.7. The molecule has 2 aromatic heterocycles. The van der Waals surface area contributed by atoms with Crippen LogP contribution in [0.1, 0.15) is 32.1 Å². The Labute approximate surface area is 176 Å². The number of nitrogen functional groups attached to an aromatic ring is 1. The fourth-order valence-corrected chi connectivity index (χ4v) is 4.74. The van der Waals surface area contributed by atoms with Crippen molar-refractivity contribution in [1.82, 2.24) is 15.0 Å². The maximum Gasteiger partial charge on any atom is 0.306 e. The molecule has 4 N–H and O–H groups in total. The molecule has 2 heterocycles. The molecule has 158 valence electrons. The van der Waals surface area contributed by atoms with E-state index >= 15 is 0 Å². The van der Waals surface area contributed by atoms with Gasteiger partial charge in [-0.3, -0.25) is 4.79 Å². The van der Waals surface area contributed by atoms with Crippen molar-refractivity contribution in [2.75, 3.05) is 5.73 Å². The molecule has 9 heteroatoms. The Morgan fingerprint density at radius 3 is 2.50 bits per heavy atom. The number of hydrogen-bond donors (Lipinski definition) is 3. The number of carboxylic acids is 1. The minimum Gasteiger partial charge on any atom is -0.481 e. The van der Waals surface area contributed by atoms with Crippen LogP contribution in [-0.4, -0.2) is 26.0 Å². The standard InChI is InChI=1S/C12H7ClF2N4.C9H14O2/c13-5-1-6-7(3-17-10(6)8(14)2-5)12-18-4-9(15)11(16)19-12;10-9(11)8-5-6-1-3-7(8)4-2-6/h1-4,17H,(H2,16,18,19);6-8H,1-5H2,(H,10,11).